The number of nitrogens with zero attached hydrogens (tertiary/aromatic N) is 1. The third kappa shape index (κ3) is 3.78. The molecule has 3 nitrogen and oxygen atoms in total. The van der Waals surface area contributed by atoms with E-state index in [1.54, 1.807) is 11.3 Å². The van der Waals surface area contributed by atoms with Crippen LogP contribution in [-0.4, -0.2) is 12.0 Å². The van der Waals surface area contributed by atoms with E-state index in [2.05, 4.69) is 39.2 Å². The first-order valence-electron chi connectivity index (χ1n) is 6.10. The lowest BCUT2D eigenvalue weighted by atomic mass is 10.1. The van der Waals surface area contributed by atoms with Crippen molar-refractivity contribution in [1.82, 2.24) is 10.3 Å². The number of aryl methyl sites for hydroxylation is 1. The Balaban J connectivity index is 2.15. The maximum absolute atomic E-state index is 5.90. The second-order valence-electron chi connectivity index (χ2n) is 4.34. The maximum Gasteiger partial charge on any atom is 0.131 e. The van der Waals surface area contributed by atoms with Gasteiger partial charge in [-0.15, -0.1) is 11.3 Å². The SMILES string of the molecule is CNC(C)c1cc(Br)ccc1OCc1csc(C)n1. The number of hydrogen-bond donors (Lipinski definition) is 1. The topological polar surface area (TPSA) is 34.1 Å². The average molecular weight is 341 g/mol. The lowest BCUT2D eigenvalue weighted by Crippen LogP contribution is -2.13. The van der Waals surface area contributed by atoms with Gasteiger partial charge in [0.05, 0.1) is 10.7 Å². The molecule has 1 aromatic heterocycles. The maximum atomic E-state index is 5.90. The van der Waals surface area contributed by atoms with Crippen molar-refractivity contribution in [1.29, 1.82) is 0 Å². The van der Waals surface area contributed by atoms with Crippen LogP contribution in [0.1, 0.15) is 29.2 Å². The summed E-state index contributed by atoms with van der Waals surface area (Å²) < 4.78 is 6.95. The van der Waals surface area contributed by atoms with E-state index in [9.17, 15) is 0 Å². The Hall–Kier alpha value is -0.910. The highest BCUT2D eigenvalue weighted by Crippen LogP contribution is 2.29. The van der Waals surface area contributed by atoms with Gasteiger partial charge in [-0.2, -0.15) is 0 Å². The Bertz CT molecular complexity index is 556. The Morgan fingerprint density at radius 2 is 2.26 bits per heavy atom. The quantitative estimate of drug-likeness (QED) is 0.890. The molecule has 0 aliphatic heterocycles. The zero-order chi connectivity index (χ0) is 13.8. The van der Waals surface area contributed by atoms with Crippen molar-refractivity contribution in [3.63, 3.8) is 0 Å². The van der Waals surface area contributed by atoms with Gasteiger partial charge < -0.3 is 10.1 Å². The standard InChI is InChI=1S/C14H17BrN2OS/c1-9(16-3)13-6-11(15)4-5-14(13)18-7-12-8-19-10(2)17-12/h4-6,8-9,16H,7H2,1-3H3. The molecule has 5 heteroatoms. The first-order chi connectivity index (χ1) is 9.10. The first-order valence-corrected chi connectivity index (χ1v) is 7.78. The summed E-state index contributed by atoms with van der Waals surface area (Å²) in [5, 5.41) is 6.34. The molecule has 102 valence electrons. The van der Waals surface area contributed by atoms with Gasteiger partial charge in [-0.05, 0) is 39.1 Å². The number of nitrogens with one attached hydrogen (secondary N) is 1. The molecule has 0 saturated heterocycles. The third-order valence-corrected chi connectivity index (χ3v) is 4.23. The molecule has 0 saturated carbocycles. The van der Waals surface area contributed by atoms with E-state index in [-0.39, 0.29) is 6.04 Å². The van der Waals surface area contributed by atoms with E-state index < -0.39 is 0 Å². The number of thiazole rings is 1. The van der Waals surface area contributed by atoms with Crippen LogP contribution in [0.25, 0.3) is 0 Å². The van der Waals surface area contributed by atoms with Crippen molar-refractivity contribution in [2.24, 2.45) is 0 Å². The molecule has 1 atom stereocenters. The number of aromatic nitrogens is 1. The van der Waals surface area contributed by atoms with Crippen LogP contribution in [-0.2, 0) is 6.61 Å². The van der Waals surface area contributed by atoms with Crippen LogP contribution < -0.4 is 10.1 Å². The number of rotatable bonds is 5. The highest BCUT2D eigenvalue weighted by Gasteiger charge is 2.11. The molecule has 0 radical (unpaired) electrons. The van der Waals surface area contributed by atoms with Crippen molar-refractivity contribution >= 4 is 27.3 Å². The number of hydrogen-bond acceptors (Lipinski definition) is 4. The van der Waals surface area contributed by atoms with E-state index in [0.29, 0.717) is 6.61 Å². The minimum Gasteiger partial charge on any atom is -0.487 e. The molecule has 1 unspecified atom stereocenters. The molecule has 0 amide bonds. The Labute approximate surface area is 126 Å². The van der Waals surface area contributed by atoms with E-state index in [0.717, 1.165) is 26.5 Å². The van der Waals surface area contributed by atoms with Crippen molar-refractivity contribution in [2.75, 3.05) is 7.05 Å². The van der Waals surface area contributed by atoms with Crippen molar-refractivity contribution in [3.8, 4) is 5.75 Å². The summed E-state index contributed by atoms with van der Waals surface area (Å²) in [5.41, 5.74) is 2.12. The summed E-state index contributed by atoms with van der Waals surface area (Å²) in [6.45, 7) is 4.62. The average Bonchev–Trinajstić information content (AvgIpc) is 2.82. The van der Waals surface area contributed by atoms with Crippen molar-refractivity contribution < 1.29 is 4.74 Å². The minimum absolute atomic E-state index is 0.240. The Morgan fingerprint density at radius 1 is 1.47 bits per heavy atom. The van der Waals surface area contributed by atoms with Gasteiger partial charge in [0.2, 0.25) is 0 Å². The van der Waals surface area contributed by atoms with Crippen LogP contribution in [0.3, 0.4) is 0 Å². The second kappa shape index (κ2) is 6.50. The fraction of sp³-hybridized carbons (Fsp3) is 0.357. The molecule has 0 aliphatic carbocycles. The molecule has 1 aromatic carbocycles. The monoisotopic (exact) mass is 340 g/mol. The Morgan fingerprint density at radius 3 is 2.89 bits per heavy atom. The van der Waals surface area contributed by atoms with Crippen LogP contribution in [0, 0.1) is 6.92 Å². The minimum atomic E-state index is 0.240. The molecule has 19 heavy (non-hydrogen) atoms. The Kier molecular flexibility index (Phi) is 4.96. The van der Waals surface area contributed by atoms with Crippen molar-refractivity contribution in [3.05, 3.63) is 44.3 Å². The molecule has 1 heterocycles. The van der Waals surface area contributed by atoms with Crippen LogP contribution in [0.4, 0.5) is 0 Å². The summed E-state index contributed by atoms with van der Waals surface area (Å²) in [7, 11) is 1.94. The largest absolute Gasteiger partial charge is 0.487 e. The predicted octanol–water partition coefficient (Wildman–Crippen LogP) is 4.07. The van der Waals surface area contributed by atoms with Gasteiger partial charge in [-0.25, -0.2) is 4.98 Å². The predicted molar refractivity (Wildman–Crippen MR) is 82.8 cm³/mol. The van der Waals surface area contributed by atoms with Crippen LogP contribution >= 0.6 is 27.3 Å². The number of ether oxygens (including phenoxy) is 1. The summed E-state index contributed by atoms with van der Waals surface area (Å²) in [4.78, 5) is 4.41. The molecule has 1 N–H and O–H groups in total. The van der Waals surface area contributed by atoms with E-state index in [4.69, 9.17) is 4.74 Å². The molecule has 2 rings (SSSR count). The van der Waals surface area contributed by atoms with Crippen LogP contribution in [0.2, 0.25) is 0 Å². The van der Waals surface area contributed by atoms with Crippen molar-refractivity contribution in [2.45, 2.75) is 26.5 Å². The van der Waals surface area contributed by atoms with Gasteiger partial charge in [0.1, 0.15) is 12.4 Å². The lowest BCUT2D eigenvalue weighted by Gasteiger charge is -2.16. The lowest BCUT2D eigenvalue weighted by molar-refractivity contribution is 0.296. The van der Waals surface area contributed by atoms with Gasteiger partial charge in [0.15, 0.2) is 0 Å². The molecule has 0 spiro atoms. The highest BCUT2D eigenvalue weighted by molar-refractivity contribution is 9.10. The summed E-state index contributed by atoms with van der Waals surface area (Å²) in [5.74, 6) is 0.899. The molecular weight excluding hydrogens is 324 g/mol. The number of benzene rings is 1. The van der Waals surface area contributed by atoms with Gasteiger partial charge in [0, 0.05) is 21.5 Å². The zero-order valence-corrected chi connectivity index (χ0v) is 13.6. The van der Waals surface area contributed by atoms with Gasteiger partial charge in [-0.3, -0.25) is 0 Å². The molecule has 2 aromatic rings. The fourth-order valence-corrected chi connectivity index (χ4v) is 2.75. The smallest absolute Gasteiger partial charge is 0.131 e. The highest BCUT2D eigenvalue weighted by atomic mass is 79.9. The van der Waals surface area contributed by atoms with Crippen LogP contribution in [0.5, 0.6) is 5.75 Å². The van der Waals surface area contributed by atoms with E-state index in [1.807, 2.05) is 31.5 Å². The zero-order valence-electron chi connectivity index (χ0n) is 11.2. The molecule has 0 bridgehead atoms. The molecule has 0 aliphatic rings. The summed E-state index contributed by atoms with van der Waals surface area (Å²) >= 11 is 5.15. The summed E-state index contributed by atoms with van der Waals surface area (Å²) in [6.07, 6.45) is 0. The second-order valence-corrected chi connectivity index (χ2v) is 6.32. The fourth-order valence-electron chi connectivity index (χ4n) is 1.77. The van der Waals surface area contributed by atoms with Crippen LogP contribution in [0.15, 0.2) is 28.1 Å². The van der Waals surface area contributed by atoms with Gasteiger partial charge in [-0.1, -0.05) is 15.9 Å². The van der Waals surface area contributed by atoms with Gasteiger partial charge in [0.25, 0.3) is 0 Å². The number of halogens is 1. The normalized spacial score (nSPS) is 12.4. The van der Waals surface area contributed by atoms with Gasteiger partial charge >= 0.3 is 0 Å². The van der Waals surface area contributed by atoms with E-state index >= 15 is 0 Å². The first kappa shape index (κ1) is 14.5. The molecule has 0 fully saturated rings. The molecular formula is C14H17BrN2OS. The third-order valence-electron chi connectivity index (χ3n) is 2.91. The summed E-state index contributed by atoms with van der Waals surface area (Å²) in [6, 6.07) is 6.31. The van der Waals surface area contributed by atoms with E-state index in [1.165, 1.54) is 0 Å².